The number of carbonyl (C=O) groups is 1. The fourth-order valence-electron chi connectivity index (χ4n) is 2.43. The van der Waals surface area contributed by atoms with Gasteiger partial charge in [0, 0.05) is 16.9 Å². The normalized spacial score (nSPS) is 11.6. The molecule has 7 heteroatoms. The zero-order valence-electron chi connectivity index (χ0n) is 13.7. The van der Waals surface area contributed by atoms with Crippen LogP contribution in [0.1, 0.15) is 23.0 Å². The fourth-order valence-corrected chi connectivity index (χ4v) is 2.83. The number of hydrazone groups is 1. The molecule has 0 aliphatic carbocycles. The van der Waals surface area contributed by atoms with Gasteiger partial charge in [-0.15, -0.1) is 0 Å². The molecule has 3 aromatic rings. The van der Waals surface area contributed by atoms with Gasteiger partial charge in [0.1, 0.15) is 0 Å². The summed E-state index contributed by atoms with van der Waals surface area (Å²) in [5.41, 5.74) is 3.96. The molecule has 3 rings (SSSR count). The molecule has 1 aromatic heterocycles. The third kappa shape index (κ3) is 3.51. The highest BCUT2D eigenvalue weighted by Crippen LogP contribution is 2.14. The number of benzene rings is 2. The lowest BCUT2D eigenvalue weighted by molar-refractivity contribution is 0.0949. The number of hydrogen-bond donors (Lipinski definition) is 1. The van der Waals surface area contributed by atoms with Crippen molar-refractivity contribution < 1.29 is 4.79 Å². The molecule has 126 valence electrons. The SMILES string of the molecule is C/C(=N\NC(=O)c1nn(C)c(=O)c2ccccc12)c1cccc(Br)c1. The summed E-state index contributed by atoms with van der Waals surface area (Å²) in [6.45, 7) is 1.80. The first-order valence-electron chi connectivity index (χ1n) is 7.54. The second-order valence-corrected chi connectivity index (χ2v) is 6.39. The molecule has 0 radical (unpaired) electrons. The van der Waals surface area contributed by atoms with Gasteiger partial charge in [0.05, 0.1) is 11.1 Å². The van der Waals surface area contributed by atoms with Crippen LogP contribution in [-0.4, -0.2) is 21.4 Å². The Morgan fingerprint density at radius 1 is 1.16 bits per heavy atom. The van der Waals surface area contributed by atoms with Gasteiger partial charge >= 0.3 is 0 Å². The predicted molar refractivity (Wildman–Crippen MR) is 101 cm³/mol. The van der Waals surface area contributed by atoms with Gasteiger partial charge in [-0.25, -0.2) is 10.1 Å². The summed E-state index contributed by atoms with van der Waals surface area (Å²) in [6, 6.07) is 14.5. The Morgan fingerprint density at radius 3 is 2.60 bits per heavy atom. The van der Waals surface area contributed by atoms with Crippen molar-refractivity contribution in [3.8, 4) is 0 Å². The number of nitrogens with zero attached hydrogens (tertiary/aromatic N) is 3. The van der Waals surface area contributed by atoms with E-state index >= 15 is 0 Å². The lowest BCUT2D eigenvalue weighted by atomic mass is 10.1. The van der Waals surface area contributed by atoms with E-state index in [0.717, 1.165) is 14.7 Å². The number of amides is 1. The third-order valence-corrected chi connectivity index (χ3v) is 4.23. The van der Waals surface area contributed by atoms with Crippen LogP contribution in [0.3, 0.4) is 0 Å². The number of aryl methyl sites for hydroxylation is 1. The van der Waals surface area contributed by atoms with Gasteiger partial charge in [0.2, 0.25) is 0 Å². The number of fused-ring (bicyclic) bond motifs is 1. The molecule has 1 N–H and O–H groups in total. The van der Waals surface area contributed by atoms with E-state index < -0.39 is 5.91 Å². The Labute approximate surface area is 152 Å². The number of halogens is 1. The van der Waals surface area contributed by atoms with Crippen LogP contribution >= 0.6 is 15.9 Å². The van der Waals surface area contributed by atoms with Crippen molar-refractivity contribution in [3.05, 3.63) is 74.6 Å². The number of aromatic nitrogens is 2. The Kier molecular flexibility index (Phi) is 4.76. The minimum Gasteiger partial charge on any atom is -0.267 e. The van der Waals surface area contributed by atoms with E-state index in [4.69, 9.17) is 0 Å². The average Bonchev–Trinajstić information content (AvgIpc) is 2.62. The van der Waals surface area contributed by atoms with Gasteiger partial charge in [0.15, 0.2) is 5.69 Å². The Morgan fingerprint density at radius 2 is 1.88 bits per heavy atom. The van der Waals surface area contributed by atoms with Gasteiger partial charge in [-0.3, -0.25) is 9.59 Å². The van der Waals surface area contributed by atoms with Crippen LogP contribution in [0.15, 0.2) is 62.9 Å². The monoisotopic (exact) mass is 398 g/mol. The standard InChI is InChI=1S/C18H15BrN4O2/c1-11(12-6-5-7-13(19)10-12)20-21-17(24)16-14-8-3-4-9-15(14)18(25)23(2)22-16/h3-10H,1-2H3,(H,21,24)/b20-11+. The first kappa shape index (κ1) is 17.0. The lowest BCUT2D eigenvalue weighted by Crippen LogP contribution is -2.27. The molecule has 0 spiro atoms. The number of nitrogens with one attached hydrogen (secondary N) is 1. The number of carbonyl (C=O) groups excluding carboxylic acids is 1. The smallest absolute Gasteiger partial charge is 0.267 e. The molecule has 0 fully saturated rings. The highest BCUT2D eigenvalue weighted by atomic mass is 79.9. The van der Waals surface area contributed by atoms with Crippen LogP contribution < -0.4 is 11.0 Å². The van der Waals surface area contributed by atoms with Crippen LogP contribution in [0.2, 0.25) is 0 Å². The zero-order chi connectivity index (χ0) is 18.0. The summed E-state index contributed by atoms with van der Waals surface area (Å²) in [5.74, 6) is -0.471. The van der Waals surface area contributed by atoms with E-state index in [1.165, 1.54) is 7.05 Å². The highest BCUT2D eigenvalue weighted by Gasteiger charge is 2.15. The van der Waals surface area contributed by atoms with Gasteiger partial charge in [-0.05, 0) is 30.7 Å². The van der Waals surface area contributed by atoms with Gasteiger partial charge in [-0.1, -0.05) is 46.3 Å². The number of hydrogen-bond acceptors (Lipinski definition) is 4. The molecule has 1 heterocycles. The molecule has 0 aliphatic heterocycles. The van der Waals surface area contributed by atoms with E-state index in [9.17, 15) is 9.59 Å². The second-order valence-electron chi connectivity index (χ2n) is 5.47. The topological polar surface area (TPSA) is 76.3 Å². The summed E-state index contributed by atoms with van der Waals surface area (Å²) in [6.07, 6.45) is 0. The van der Waals surface area contributed by atoms with E-state index in [0.29, 0.717) is 16.5 Å². The molecule has 0 atom stereocenters. The van der Waals surface area contributed by atoms with E-state index in [2.05, 4.69) is 31.6 Å². The minimum absolute atomic E-state index is 0.156. The van der Waals surface area contributed by atoms with E-state index in [1.54, 1.807) is 31.2 Å². The van der Waals surface area contributed by atoms with Crippen molar-refractivity contribution in [2.45, 2.75) is 6.92 Å². The largest absolute Gasteiger partial charge is 0.292 e. The quantitative estimate of drug-likeness (QED) is 0.544. The van der Waals surface area contributed by atoms with Crippen LogP contribution in [0, 0.1) is 0 Å². The first-order valence-corrected chi connectivity index (χ1v) is 8.33. The fraction of sp³-hybridized carbons (Fsp3) is 0.111. The van der Waals surface area contributed by atoms with Crippen molar-refractivity contribution in [1.29, 1.82) is 0 Å². The van der Waals surface area contributed by atoms with Gasteiger partial charge < -0.3 is 0 Å². The van der Waals surface area contributed by atoms with Crippen LogP contribution in [0.4, 0.5) is 0 Å². The summed E-state index contributed by atoms with van der Waals surface area (Å²) in [4.78, 5) is 24.6. The molecular weight excluding hydrogens is 384 g/mol. The third-order valence-electron chi connectivity index (χ3n) is 3.74. The molecule has 6 nitrogen and oxygen atoms in total. The van der Waals surface area contributed by atoms with Crippen molar-refractivity contribution in [2.75, 3.05) is 0 Å². The Hall–Kier alpha value is -2.80. The zero-order valence-corrected chi connectivity index (χ0v) is 15.2. The van der Waals surface area contributed by atoms with E-state index in [1.807, 2.05) is 24.3 Å². The summed E-state index contributed by atoms with van der Waals surface area (Å²) in [7, 11) is 1.52. The molecule has 0 saturated carbocycles. The molecule has 0 bridgehead atoms. The first-order chi connectivity index (χ1) is 12.0. The molecule has 0 unspecified atom stereocenters. The molecule has 0 saturated heterocycles. The maximum absolute atomic E-state index is 12.5. The maximum atomic E-state index is 12.5. The molecular formula is C18H15BrN4O2. The highest BCUT2D eigenvalue weighted by molar-refractivity contribution is 9.10. The number of rotatable bonds is 3. The Bertz CT molecular complexity index is 1060. The maximum Gasteiger partial charge on any atom is 0.292 e. The van der Waals surface area contributed by atoms with Crippen LogP contribution in [0.25, 0.3) is 10.8 Å². The average molecular weight is 399 g/mol. The van der Waals surface area contributed by atoms with Crippen molar-refractivity contribution in [1.82, 2.24) is 15.2 Å². The summed E-state index contributed by atoms with van der Waals surface area (Å²) >= 11 is 3.40. The Balaban J connectivity index is 1.94. The van der Waals surface area contributed by atoms with Gasteiger partial charge in [0.25, 0.3) is 11.5 Å². The minimum atomic E-state index is -0.471. The molecule has 0 aliphatic rings. The van der Waals surface area contributed by atoms with Crippen molar-refractivity contribution >= 4 is 38.3 Å². The summed E-state index contributed by atoms with van der Waals surface area (Å²) in [5, 5.41) is 9.16. The molecule has 1 amide bonds. The predicted octanol–water partition coefficient (Wildman–Crippen LogP) is 2.85. The van der Waals surface area contributed by atoms with Gasteiger partial charge in [-0.2, -0.15) is 10.2 Å². The van der Waals surface area contributed by atoms with Crippen molar-refractivity contribution in [3.63, 3.8) is 0 Å². The van der Waals surface area contributed by atoms with Crippen LogP contribution in [-0.2, 0) is 7.05 Å². The lowest BCUT2D eigenvalue weighted by Gasteiger charge is -2.07. The van der Waals surface area contributed by atoms with E-state index in [-0.39, 0.29) is 11.3 Å². The molecule has 2 aromatic carbocycles. The van der Waals surface area contributed by atoms with Crippen molar-refractivity contribution in [2.24, 2.45) is 12.1 Å². The van der Waals surface area contributed by atoms with Crippen LogP contribution in [0.5, 0.6) is 0 Å². The second kappa shape index (κ2) is 6.98. The summed E-state index contributed by atoms with van der Waals surface area (Å²) < 4.78 is 2.08. The molecule has 25 heavy (non-hydrogen) atoms.